The van der Waals surface area contributed by atoms with Crippen LogP contribution in [0.15, 0.2) is 0 Å². The lowest BCUT2D eigenvalue weighted by Gasteiger charge is -1.88. The highest BCUT2D eigenvalue weighted by molar-refractivity contribution is 7.17. The molecule has 0 amide bonds. The highest BCUT2D eigenvalue weighted by Gasteiger charge is 2.11. The number of nitrogens with one attached hydrogen (secondary N) is 1. The maximum atomic E-state index is 10.8. The van der Waals surface area contributed by atoms with Gasteiger partial charge in [0.25, 0.3) is 0 Å². The SMILES string of the molecule is CNc1nnc(C(=O)OC)s1. The van der Waals surface area contributed by atoms with E-state index in [2.05, 4.69) is 20.3 Å². The van der Waals surface area contributed by atoms with Gasteiger partial charge in [-0.15, -0.1) is 10.2 Å². The highest BCUT2D eigenvalue weighted by atomic mass is 32.1. The summed E-state index contributed by atoms with van der Waals surface area (Å²) in [5.41, 5.74) is 0. The van der Waals surface area contributed by atoms with E-state index in [1.807, 2.05) is 0 Å². The van der Waals surface area contributed by atoms with Crippen LogP contribution in [0, 0.1) is 0 Å². The summed E-state index contributed by atoms with van der Waals surface area (Å²) in [7, 11) is 3.02. The van der Waals surface area contributed by atoms with Gasteiger partial charge in [-0.2, -0.15) is 0 Å². The molecule has 0 aliphatic carbocycles. The van der Waals surface area contributed by atoms with Gasteiger partial charge in [0.15, 0.2) is 0 Å². The first-order chi connectivity index (χ1) is 5.27. The molecule has 60 valence electrons. The average molecular weight is 173 g/mol. The standard InChI is InChI=1S/C5H7N3O2S/c1-6-5-8-7-3(11-5)4(9)10-2/h1-2H3,(H,6,8). The van der Waals surface area contributed by atoms with Gasteiger partial charge < -0.3 is 10.1 Å². The number of esters is 1. The van der Waals surface area contributed by atoms with E-state index < -0.39 is 5.97 Å². The van der Waals surface area contributed by atoms with E-state index in [-0.39, 0.29) is 5.01 Å². The summed E-state index contributed by atoms with van der Waals surface area (Å²) in [5, 5.41) is 10.9. The molecule has 1 heterocycles. The Morgan fingerprint density at radius 3 is 2.82 bits per heavy atom. The monoisotopic (exact) mass is 173 g/mol. The van der Waals surface area contributed by atoms with Crippen molar-refractivity contribution in [3.8, 4) is 0 Å². The third-order valence-corrected chi connectivity index (χ3v) is 1.92. The predicted octanol–water partition coefficient (Wildman–Crippen LogP) is 0.366. The smallest absolute Gasteiger partial charge is 0.369 e. The molecule has 11 heavy (non-hydrogen) atoms. The Balaban J connectivity index is 2.80. The minimum atomic E-state index is -0.455. The summed E-state index contributed by atoms with van der Waals surface area (Å²) in [4.78, 5) is 10.8. The van der Waals surface area contributed by atoms with Gasteiger partial charge in [0.1, 0.15) is 0 Å². The van der Waals surface area contributed by atoms with Gasteiger partial charge >= 0.3 is 5.97 Å². The van der Waals surface area contributed by atoms with Crippen molar-refractivity contribution in [2.24, 2.45) is 0 Å². The zero-order valence-electron chi connectivity index (χ0n) is 6.12. The Hall–Kier alpha value is -1.17. The first-order valence-electron chi connectivity index (χ1n) is 2.87. The maximum Gasteiger partial charge on any atom is 0.369 e. The molecule has 0 saturated carbocycles. The average Bonchev–Trinajstić information content (AvgIpc) is 2.50. The number of rotatable bonds is 2. The Kier molecular flexibility index (Phi) is 2.37. The number of carbonyl (C=O) groups is 1. The normalized spacial score (nSPS) is 9.27. The molecule has 0 aromatic carbocycles. The van der Waals surface area contributed by atoms with E-state index in [4.69, 9.17) is 0 Å². The highest BCUT2D eigenvalue weighted by Crippen LogP contribution is 2.14. The molecular weight excluding hydrogens is 166 g/mol. The summed E-state index contributed by atoms with van der Waals surface area (Å²) in [6, 6.07) is 0. The molecule has 0 spiro atoms. The summed E-state index contributed by atoms with van der Waals surface area (Å²) in [6.07, 6.45) is 0. The zero-order chi connectivity index (χ0) is 8.27. The Morgan fingerprint density at radius 2 is 2.36 bits per heavy atom. The molecule has 5 nitrogen and oxygen atoms in total. The second-order valence-electron chi connectivity index (χ2n) is 1.65. The molecule has 0 atom stereocenters. The molecular formula is C5H7N3O2S. The number of ether oxygens (including phenoxy) is 1. The number of aromatic nitrogens is 2. The third-order valence-electron chi connectivity index (χ3n) is 0.999. The van der Waals surface area contributed by atoms with E-state index in [0.717, 1.165) is 11.3 Å². The van der Waals surface area contributed by atoms with Crippen LogP contribution in [0.25, 0.3) is 0 Å². The first kappa shape index (κ1) is 7.93. The van der Waals surface area contributed by atoms with Gasteiger partial charge in [-0.1, -0.05) is 11.3 Å². The van der Waals surface area contributed by atoms with Crippen LogP contribution in [0.1, 0.15) is 9.80 Å². The van der Waals surface area contributed by atoms with Crippen LogP contribution >= 0.6 is 11.3 Å². The Labute approximate surface area is 67.4 Å². The topological polar surface area (TPSA) is 64.1 Å². The van der Waals surface area contributed by atoms with Gasteiger partial charge in [-0.25, -0.2) is 4.79 Å². The van der Waals surface area contributed by atoms with Crippen LogP contribution in [-0.2, 0) is 4.74 Å². The molecule has 0 aliphatic rings. The molecule has 1 aromatic heterocycles. The fraction of sp³-hybridized carbons (Fsp3) is 0.400. The van der Waals surface area contributed by atoms with Crippen LogP contribution < -0.4 is 5.32 Å². The minimum Gasteiger partial charge on any atom is -0.464 e. The van der Waals surface area contributed by atoms with E-state index in [0.29, 0.717) is 5.13 Å². The van der Waals surface area contributed by atoms with Gasteiger partial charge in [0, 0.05) is 7.05 Å². The number of anilines is 1. The molecule has 0 bridgehead atoms. The largest absolute Gasteiger partial charge is 0.464 e. The van der Waals surface area contributed by atoms with Crippen molar-refractivity contribution in [2.75, 3.05) is 19.5 Å². The molecule has 0 aliphatic heterocycles. The summed E-state index contributed by atoms with van der Waals surface area (Å²) < 4.78 is 4.44. The molecule has 1 N–H and O–H groups in total. The molecule has 6 heteroatoms. The fourth-order valence-corrected chi connectivity index (χ4v) is 1.11. The quantitative estimate of drug-likeness (QED) is 0.654. The van der Waals surface area contributed by atoms with Crippen LogP contribution in [0.5, 0.6) is 0 Å². The van der Waals surface area contributed by atoms with Crippen molar-refractivity contribution >= 4 is 22.4 Å². The number of hydrogen-bond donors (Lipinski definition) is 1. The summed E-state index contributed by atoms with van der Waals surface area (Å²) >= 11 is 1.16. The zero-order valence-corrected chi connectivity index (χ0v) is 6.94. The first-order valence-corrected chi connectivity index (χ1v) is 3.69. The van der Waals surface area contributed by atoms with Gasteiger partial charge in [0.2, 0.25) is 10.1 Å². The summed E-state index contributed by atoms with van der Waals surface area (Å²) in [6.45, 7) is 0. The molecule has 0 unspecified atom stereocenters. The lowest BCUT2D eigenvalue weighted by atomic mass is 10.7. The van der Waals surface area contributed by atoms with Crippen LogP contribution in [0.3, 0.4) is 0 Å². The van der Waals surface area contributed by atoms with Crippen molar-refractivity contribution in [1.82, 2.24) is 10.2 Å². The number of nitrogens with zero attached hydrogens (tertiary/aromatic N) is 2. The van der Waals surface area contributed by atoms with Crippen LogP contribution in [0.4, 0.5) is 5.13 Å². The molecule has 1 aromatic rings. The molecule has 0 saturated heterocycles. The van der Waals surface area contributed by atoms with E-state index >= 15 is 0 Å². The lowest BCUT2D eigenvalue weighted by Crippen LogP contribution is -1.99. The van der Waals surface area contributed by atoms with Gasteiger partial charge in [0.05, 0.1) is 7.11 Å². The van der Waals surface area contributed by atoms with Gasteiger partial charge in [-0.3, -0.25) is 0 Å². The Morgan fingerprint density at radius 1 is 1.64 bits per heavy atom. The van der Waals surface area contributed by atoms with Crippen LogP contribution in [-0.4, -0.2) is 30.3 Å². The van der Waals surface area contributed by atoms with E-state index in [1.165, 1.54) is 7.11 Å². The summed E-state index contributed by atoms with van der Waals surface area (Å²) in [5.74, 6) is -0.455. The van der Waals surface area contributed by atoms with E-state index in [9.17, 15) is 4.79 Å². The number of hydrogen-bond acceptors (Lipinski definition) is 6. The maximum absolute atomic E-state index is 10.8. The molecule has 0 radical (unpaired) electrons. The minimum absolute atomic E-state index is 0.261. The lowest BCUT2D eigenvalue weighted by molar-refractivity contribution is 0.0599. The van der Waals surface area contributed by atoms with Crippen molar-refractivity contribution in [3.05, 3.63) is 5.01 Å². The third kappa shape index (κ3) is 1.64. The van der Waals surface area contributed by atoms with E-state index in [1.54, 1.807) is 7.05 Å². The molecule has 1 rings (SSSR count). The predicted molar refractivity (Wildman–Crippen MR) is 40.8 cm³/mol. The van der Waals surface area contributed by atoms with Crippen molar-refractivity contribution in [1.29, 1.82) is 0 Å². The van der Waals surface area contributed by atoms with Crippen molar-refractivity contribution in [3.63, 3.8) is 0 Å². The second kappa shape index (κ2) is 3.29. The second-order valence-corrected chi connectivity index (χ2v) is 2.63. The fourth-order valence-electron chi connectivity index (χ4n) is 0.494. The number of methoxy groups -OCH3 is 1. The van der Waals surface area contributed by atoms with Crippen molar-refractivity contribution in [2.45, 2.75) is 0 Å². The molecule has 0 fully saturated rings. The van der Waals surface area contributed by atoms with Crippen molar-refractivity contribution < 1.29 is 9.53 Å². The van der Waals surface area contributed by atoms with Gasteiger partial charge in [-0.05, 0) is 0 Å². The Bertz CT molecular complexity index is 260. The van der Waals surface area contributed by atoms with Crippen LogP contribution in [0.2, 0.25) is 0 Å². The number of carbonyl (C=O) groups excluding carboxylic acids is 1.